The maximum atomic E-state index is 11.4. The van der Waals surface area contributed by atoms with E-state index in [4.69, 9.17) is 0 Å². The van der Waals surface area contributed by atoms with Crippen LogP contribution in [0.3, 0.4) is 0 Å². The quantitative estimate of drug-likeness (QED) is 0.105. The highest BCUT2D eigenvalue weighted by molar-refractivity contribution is 8.00. The fourth-order valence-corrected chi connectivity index (χ4v) is 6.19. The Balaban J connectivity index is 2.24. The van der Waals surface area contributed by atoms with Crippen LogP contribution in [0.15, 0.2) is 30.9 Å². The Kier molecular flexibility index (Phi) is 12.9. The van der Waals surface area contributed by atoms with Crippen molar-refractivity contribution in [3.8, 4) is 0 Å². The van der Waals surface area contributed by atoms with Gasteiger partial charge in [-0.3, -0.25) is 20.2 Å². The van der Waals surface area contributed by atoms with Gasteiger partial charge in [0.1, 0.15) is 18.0 Å². The van der Waals surface area contributed by atoms with Crippen molar-refractivity contribution in [1.29, 1.82) is 0 Å². The van der Waals surface area contributed by atoms with Crippen LogP contribution in [-0.4, -0.2) is 29.4 Å². The van der Waals surface area contributed by atoms with Gasteiger partial charge in [0.05, 0.1) is 15.9 Å². The van der Waals surface area contributed by atoms with Crippen molar-refractivity contribution in [3.05, 3.63) is 56.6 Å². The molecule has 0 saturated carbocycles. The third kappa shape index (κ3) is 10.2. The monoisotopic (exact) mass is 519 g/mol. The normalized spacial score (nSPS) is 13.9. The van der Waals surface area contributed by atoms with E-state index in [0.717, 1.165) is 31.7 Å². The van der Waals surface area contributed by atoms with Gasteiger partial charge in [-0.25, -0.2) is 9.67 Å². The second-order valence-corrected chi connectivity index (χ2v) is 11.6. The summed E-state index contributed by atoms with van der Waals surface area (Å²) in [6, 6.07) is 3.88. The molecule has 9 nitrogen and oxygen atoms in total. The number of thioether (sulfide) groups is 1. The Hall–Kier alpha value is -2.49. The van der Waals surface area contributed by atoms with Gasteiger partial charge in [0, 0.05) is 23.3 Å². The molecule has 2 unspecified atom stereocenters. The Labute approximate surface area is 218 Å². The van der Waals surface area contributed by atoms with Gasteiger partial charge in [0.25, 0.3) is 11.4 Å². The Bertz CT molecular complexity index is 908. The van der Waals surface area contributed by atoms with Crippen molar-refractivity contribution in [2.45, 2.75) is 114 Å². The lowest BCUT2D eigenvalue weighted by atomic mass is 9.95. The van der Waals surface area contributed by atoms with Gasteiger partial charge >= 0.3 is 0 Å². The summed E-state index contributed by atoms with van der Waals surface area (Å²) in [6.07, 6.45) is 17.9. The first kappa shape index (κ1) is 29.7. The third-order valence-electron chi connectivity index (χ3n) is 6.56. The molecular weight excluding hydrogens is 478 g/mol. The highest BCUT2D eigenvalue weighted by atomic mass is 32.2. The van der Waals surface area contributed by atoms with Gasteiger partial charge in [-0.15, -0.1) is 11.8 Å². The number of unbranched alkanes of at least 4 members (excludes halogenated alkanes) is 8. The van der Waals surface area contributed by atoms with E-state index in [0.29, 0.717) is 12.0 Å². The van der Waals surface area contributed by atoms with E-state index in [9.17, 15) is 20.2 Å². The SMILES string of the molecule is CCCCCCCCC(C)(CCCCCC)SC(Cc1cc([N+](=O)[O-])cc([N+](=O)[O-])c1)n1cncn1. The highest BCUT2D eigenvalue weighted by Gasteiger charge is 2.30. The maximum absolute atomic E-state index is 11.4. The van der Waals surface area contributed by atoms with E-state index in [1.807, 2.05) is 11.8 Å². The van der Waals surface area contributed by atoms with Gasteiger partial charge < -0.3 is 0 Å². The number of non-ortho nitro benzene ring substituents is 2. The minimum atomic E-state index is -0.579. The lowest BCUT2D eigenvalue weighted by molar-refractivity contribution is -0.394. The second-order valence-electron chi connectivity index (χ2n) is 9.80. The molecule has 2 rings (SSSR count). The molecule has 200 valence electrons. The van der Waals surface area contributed by atoms with E-state index in [2.05, 4.69) is 30.9 Å². The maximum Gasteiger partial charge on any atom is 0.276 e. The second kappa shape index (κ2) is 15.6. The molecule has 1 heterocycles. The molecule has 10 heteroatoms. The van der Waals surface area contributed by atoms with Crippen LogP contribution in [0.25, 0.3) is 0 Å². The summed E-state index contributed by atoms with van der Waals surface area (Å²) in [5.41, 5.74) is 0.0173. The molecule has 2 aromatic rings. The molecule has 0 saturated heterocycles. The Morgan fingerprint density at radius 1 is 0.889 bits per heavy atom. The Morgan fingerprint density at radius 3 is 1.92 bits per heavy atom. The number of nitro groups is 2. The number of benzene rings is 1. The summed E-state index contributed by atoms with van der Waals surface area (Å²) in [5.74, 6) is 0. The number of rotatable bonds is 19. The number of nitrogens with zero attached hydrogens (tertiary/aromatic N) is 5. The van der Waals surface area contributed by atoms with Crippen LogP contribution >= 0.6 is 11.8 Å². The molecular formula is C26H41N5O4S. The van der Waals surface area contributed by atoms with E-state index < -0.39 is 9.85 Å². The molecule has 0 fully saturated rings. The molecule has 0 bridgehead atoms. The highest BCUT2D eigenvalue weighted by Crippen LogP contribution is 2.44. The van der Waals surface area contributed by atoms with Crippen LogP contribution in [0.1, 0.15) is 109 Å². The lowest BCUT2D eigenvalue weighted by Gasteiger charge is -2.33. The van der Waals surface area contributed by atoms with Gasteiger partial charge in [-0.05, 0) is 18.4 Å². The fourth-order valence-electron chi connectivity index (χ4n) is 4.52. The average molecular weight is 520 g/mol. The van der Waals surface area contributed by atoms with Crippen LogP contribution in [0.5, 0.6) is 0 Å². The smallest absolute Gasteiger partial charge is 0.258 e. The van der Waals surface area contributed by atoms with E-state index in [1.165, 1.54) is 69.8 Å². The van der Waals surface area contributed by atoms with Crippen molar-refractivity contribution in [3.63, 3.8) is 0 Å². The summed E-state index contributed by atoms with van der Waals surface area (Å²) in [4.78, 5) is 25.8. The van der Waals surface area contributed by atoms with Crippen LogP contribution in [-0.2, 0) is 6.42 Å². The zero-order chi connectivity index (χ0) is 26.4. The predicted molar refractivity (Wildman–Crippen MR) is 145 cm³/mol. The first-order valence-electron chi connectivity index (χ1n) is 13.2. The van der Waals surface area contributed by atoms with Crippen LogP contribution in [0.2, 0.25) is 0 Å². The lowest BCUT2D eigenvalue weighted by Crippen LogP contribution is -2.25. The number of hydrogen-bond acceptors (Lipinski definition) is 7. The van der Waals surface area contributed by atoms with Crippen molar-refractivity contribution < 1.29 is 9.85 Å². The predicted octanol–water partition coefficient (Wildman–Crippen LogP) is 8.05. The first-order valence-corrected chi connectivity index (χ1v) is 14.1. The minimum Gasteiger partial charge on any atom is -0.258 e. The molecule has 1 aromatic heterocycles. The summed E-state index contributed by atoms with van der Waals surface area (Å²) in [6.45, 7) is 6.75. The molecule has 0 aliphatic carbocycles. The van der Waals surface area contributed by atoms with Crippen LogP contribution in [0.4, 0.5) is 11.4 Å². The zero-order valence-corrected chi connectivity index (χ0v) is 22.8. The molecule has 0 aliphatic heterocycles. The average Bonchev–Trinajstić information content (AvgIpc) is 3.39. The van der Waals surface area contributed by atoms with Gasteiger partial charge in [-0.2, -0.15) is 5.10 Å². The molecule has 0 aliphatic rings. The molecule has 1 aromatic carbocycles. The topological polar surface area (TPSA) is 117 Å². The zero-order valence-electron chi connectivity index (χ0n) is 21.9. The van der Waals surface area contributed by atoms with E-state index in [-0.39, 0.29) is 21.5 Å². The van der Waals surface area contributed by atoms with Crippen LogP contribution < -0.4 is 0 Å². The van der Waals surface area contributed by atoms with E-state index >= 15 is 0 Å². The van der Waals surface area contributed by atoms with Gasteiger partial charge in [0.2, 0.25) is 0 Å². The number of nitro benzene ring substituents is 2. The summed E-state index contributed by atoms with van der Waals surface area (Å²) in [5, 5.41) is 27.0. The third-order valence-corrected chi connectivity index (χ3v) is 8.20. The van der Waals surface area contributed by atoms with Crippen molar-refractivity contribution >= 4 is 23.1 Å². The first-order chi connectivity index (χ1) is 17.3. The number of aromatic nitrogens is 3. The van der Waals surface area contributed by atoms with Crippen molar-refractivity contribution in [2.75, 3.05) is 0 Å². The molecule has 0 radical (unpaired) electrons. The molecule has 0 N–H and O–H groups in total. The standard InChI is InChI=1S/C26H41N5O4S/c1-4-6-8-10-11-13-15-26(3,14-12-9-7-5-2)36-25(29-21-27-20-28-29)18-22-16-23(30(32)33)19-24(17-22)31(34)35/h16-17,19-21,25H,4-15,18H2,1-3H3. The summed E-state index contributed by atoms with van der Waals surface area (Å²) in [7, 11) is 0. The summed E-state index contributed by atoms with van der Waals surface area (Å²) < 4.78 is 1.78. The fraction of sp³-hybridized carbons (Fsp3) is 0.692. The van der Waals surface area contributed by atoms with E-state index in [1.54, 1.807) is 11.0 Å². The Morgan fingerprint density at radius 2 is 1.42 bits per heavy atom. The molecule has 36 heavy (non-hydrogen) atoms. The van der Waals surface area contributed by atoms with Crippen LogP contribution in [0, 0.1) is 20.2 Å². The number of hydrogen-bond donors (Lipinski definition) is 0. The largest absolute Gasteiger partial charge is 0.276 e. The van der Waals surface area contributed by atoms with Crippen molar-refractivity contribution in [1.82, 2.24) is 14.8 Å². The van der Waals surface area contributed by atoms with Crippen molar-refractivity contribution in [2.24, 2.45) is 0 Å². The molecule has 0 amide bonds. The molecule has 0 spiro atoms. The van der Waals surface area contributed by atoms with Gasteiger partial charge in [-0.1, -0.05) is 85.0 Å². The van der Waals surface area contributed by atoms with Gasteiger partial charge in [0.15, 0.2) is 0 Å². The summed E-state index contributed by atoms with van der Waals surface area (Å²) >= 11 is 1.82. The minimum absolute atomic E-state index is 0.00175. The molecule has 2 atom stereocenters.